The van der Waals surface area contributed by atoms with Crippen molar-refractivity contribution < 1.29 is 19.1 Å². The minimum atomic E-state index is -0.866. The van der Waals surface area contributed by atoms with Crippen LogP contribution in [0.3, 0.4) is 0 Å². The minimum absolute atomic E-state index is 0.229. The van der Waals surface area contributed by atoms with Crippen molar-refractivity contribution in [3.05, 3.63) is 100 Å². The van der Waals surface area contributed by atoms with Crippen molar-refractivity contribution in [2.45, 2.75) is 58.3 Å². The number of carbonyl (C=O) groups is 3. The van der Waals surface area contributed by atoms with Gasteiger partial charge in [0.25, 0.3) is 0 Å². The molecule has 2 atom stereocenters. The highest BCUT2D eigenvalue weighted by atomic mass is 35.5. The Labute approximate surface area is 240 Å². The smallest absolute Gasteiger partial charge is 0.243 e. The van der Waals surface area contributed by atoms with Crippen molar-refractivity contribution in [1.82, 2.24) is 16.0 Å². The number of rotatable bonds is 14. The van der Waals surface area contributed by atoms with Crippen LogP contribution >= 0.6 is 11.6 Å². The minimum Gasteiger partial charge on any atom is -0.494 e. The summed E-state index contributed by atoms with van der Waals surface area (Å²) in [6.45, 7) is 4.73. The highest BCUT2D eigenvalue weighted by Gasteiger charge is 2.27. The van der Waals surface area contributed by atoms with Gasteiger partial charge in [-0.25, -0.2) is 0 Å². The van der Waals surface area contributed by atoms with Gasteiger partial charge < -0.3 is 26.4 Å². The lowest BCUT2D eigenvalue weighted by Crippen LogP contribution is -2.55. The van der Waals surface area contributed by atoms with Gasteiger partial charge in [0.15, 0.2) is 0 Å². The van der Waals surface area contributed by atoms with Crippen LogP contribution in [0.15, 0.2) is 72.8 Å². The first kappa shape index (κ1) is 30.7. The summed E-state index contributed by atoms with van der Waals surface area (Å²) in [7, 11) is 0. The molecule has 0 unspecified atom stereocenters. The van der Waals surface area contributed by atoms with Gasteiger partial charge in [0, 0.05) is 37.4 Å². The van der Waals surface area contributed by atoms with E-state index in [-0.39, 0.29) is 37.6 Å². The predicted molar refractivity (Wildman–Crippen MR) is 157 cm³/mol. The van der Waals surface area contributed by atoms with Crippen molar-refractivity contribution in [3.63, 3.8) is 0 Å². The average molecular weight is 565 g/mol. The Balaban J connectivity index is 1.76. The highest BCUT2D eigenvalue weighted by molar-refractivity contribution is 6.31. The van der Waals surface area contributed by atoms with Crippen LogP contribution in [-0.4, -0.2) is 36.4 Å². The molecule has 0 aliphatic carbocycles. The highest BCUT2D eigenvalue weighted by Crippen LogP contribution is 2.18. The second-order valence-electron chi connectivity index (χ2n) is 9.35. The Morgan fingerprint density at radius 2 is 1.45 bits per heavy atom. The lowest BCUT2D eigenvalue weighted by molar-refractivity contribution is -0.132. The van der Waals surface area contributed by atoms with Crippen molar-refractivity contribution in [2.24, 2.45) is 5.73 Å². The van der Waals surface area contributed by atoms with Crippen LogP contribution in [-0.2, 0) is 40.3 Å². The molecule has 8 nitrogen and oxygen atoms in total. The number of benzene rings is 3. The number of halogens is 1. The van der Waals surface area contributed by atoms with Crippen LogP contribution in [0.25, 0.3) is 0 Å². The molecule has 0 aromatic heterocycles. The van der Waals surface area contributed by atoms with Crippen molar-refractivity contribution >= 4 is 29.3 Å². The van der Waals surface area contributed by atoms with E-state index in [2.05, 4.69) is 16.0 Å². The molecule has 0 aliphatic rings. The molecule has 0 saturated carbocycles. The Morgan fingerprint density at radius 1 is 0.825 bits per heavy atom. The number of carbonyl (C=O) groups excluding carboxylic acids is 3. The normalized spacial score (nSPS) is 12.2. The third-order valence-electron chi connectivity index (χ3n) is 6.37. The van der Waals surface area contributed by atoms with E-state index in [1.807, 2.05) is 73.7 Å². The van der Waals surface area contributed by atoms with Crippen molar-refractivity contribution in [3.8, 4) is 5.75 Å². The van der Waals surface area contributed by atoms with Crippen molar-refractivity contribution in [2.75, 3.05) is 6.61 Å². The number of hydrogen-bond donors (Lipinski definition) is 4. The van der Waals surface area contributed by atoms with E-state index in [1.165, 1.54) is 0 Å². The van der Waals surface area contributed by atoms with Crippen LogP contribution in [0.4, 0.5) is 0 Å². The molecule has 0 fully saturated rings. The van der Waals surface area contributed by atoms with Gasteiger partial charge in [0.05, 0.1) is 6.61 Å². The SMILES string of the molecule is CCOc1ccc(C[C@@H](NC(=O)CC)C(=O)N[C@@H](Cc2ccccc2)C(=O)NCc2ccc(CN)c(Cl)c2)cc1. The molecule has 3 amide bonds. The summed E-state index contributed by atoms with van der Waals surface area (Å²) in [6, 6.07) is 20.5. The first-order valence-corrected chi connectivity index (χ1v) is 13.8. The number of amides is 3. The van der Waals surface area contributed by atoms with E-state index in [4.69, 9.17) is 22.1 Å². The zero-order valence-electron chi connectivity index (χ0n) is 22.9. The zero-order chi connectivity index (χ0) is 28.9. The van der Waals surface area contributed by atoms with Gasteiger partial charge in [0.2, 0.25) is 17.7 Å². The Bertz CT molecular complexity index is 1270. The molecule has 3 aromatic rings. The molecule has 3 rings (SSSR count). The van der Waals surface area contributed by atoms with Gasteiger partial charge in [-0.1, -0.05) is 73.1 Å². The monoisotopic (exact) mass is 564 g/mol. The van der Waals surface area contributed by atoms with E-state index >= 15 is 0 Å². The summed E-state index contributed by atoms with van der Waals surface area (Å²) < 4.78 is 5.50. The van der Waals surface area contributed by atoms with E-state index < -0.39 is 18.0 Å². The largest absolute Gasteiger partial charge is 0.494 e. The van der Waals surface area contributed by atoms with Crippen molar-refractivity contribution in [1.29, 1.82) is 0 Å². The summed E-state index contributed by atoms with van der Waals surface area (Å²) in [6.07, 6.45) is 0.769. The molecule has 0 radical (unpaired) electrons. The fourth-order valence-electron chi connectivity index (χ4n) is 4.14. The topological polar surface area (TPSA) is 123 Å². The lowest BCUT2D eigenvalue weighted by atomic mass is 10.0. The Hall–Kier alpha value is -3.88. The fourth-order valence-corrected chi connectivity index (χ4v) is 4.42. The van der Waals surface area contributed by atoms with Gasteiger partial charge >= 0.3 is 0 Å². The third kappa shape index (κ3) is 9.39. The molecular formula is C31H37ClN4O4. The van der Waals surface area contributed by atoms with E-state index in [0.717, 1.165) is 28.0 Å². The Morgan fingerprint density at radius 3 is 2.05 bits per heavy atom. The van der Waals surface area contributed by atoms with Crippen LogP contribution in [0.2, 0.25) is 5.02 Å². The zero-order valence-corrected chi connectivity index (χ0v) is 23.7. The van der Waals surface area contributed by atoms with E-state index in [1.54, 1.807) is 13.0 Å². The second-order valence-corrected chi connectivity index (χ2v) is 9.76. The maximum absolute atomic E-state index is 13.5. The third-order valence-corrected chi connectivity index (χ3v) is 6.72. The number of nitrogens with two attached hydrogens (primary N) is 1. The molecular weight excluding hydrogens is 528 g/mol. The summed E-state index contributed by atoms with van der Waals surface area (Å²) in [4.78, 5) is 39.1. The number of ether oxygens (including phenoxy) is 1. The summed E-state index contributed by atoms with van der Waals surface area (Å²) in [5.41, 5.74) is 9.05. The quantitative estimate of drug-likeness (QED) is 0.238. The summed E-state index contributed by atoms with van der Waals surface area (Å²) in [5.74, 6) is -0.323. The Kier molecular flexibility index (Phi) is 12.0. The van der Waals surface area contributed by atoms with Crippen LogP contribution < -0.4 is 26.4 Å². The lowest BCUT2D eigenvalue weighted by Gasteiger charge is -2.23. The predicted octanol–water partition coefficient (Wildman–Crippen LogP) is 3.68. The summed E-state index contributed by atoms with van der Waals surface area (Å²) in [5, 5.41) is 9.12. The van der Waals surface area contributed by atoms with Crippen LogP contribution in [0.1, 0.15) is 42.5 Å². The molecule has 40 heavy (non-hydrogen) atoms. The first-order chi connectivity index (χ1) is 19.3. The fraction of sp³-hybridized carbons (Fsp3) is 0.323. The summed E-state index contributed by atoms with van der Waals surface area (Å²) >= 11 is 6.27. The maximum atomic E-state index is 13.5. The van der Waals surface area contributed by atoms with E-state index in [0.29, 0.717) is 18.2 Å². The maximum Gasteiger partial charge on any atom is 0.243 e. The molecule has 5 N–H and O–H groups in total. The molecule has 0 saturated heterocycles. The number of hydrogen-bond acceptors (Lipinski definition) is 5. The molecule has 0 bridgehead atoms. The molecule has 0 aliphatic heterocycles. The van der Waals surface area contributed by atoms with Crippen LogP contribution in [0, 0.1) is 0 Å². The molecule has 3 aromatic carbocycles. The van der Waals surface area contributed by atoms with Gasteiger partial charge in [-0.05, 0) is 47.4 Å². The van der Waals surface area contributed by atoms with Gasteiger partial charge in [-0.2, -0.15) is 0 Å². The molecule has 9 heteroatoms. The molecule has 0 heterocycles. The van der Waals surface area contributed by atoms with Gasteiger partial charge in [0.1, 0.15) is 17.8 Å². The number of nitrogens with one attached hydrogen (secondary N) is 3. The average Bonchev–Trinajstić information content (AvgIpc) is 2.96. The van der Waals surface area contributed by atoms with Gasteiger partial charge in [-0.3, -0.25) is 14.4 Å². The standard InChI is InChI=1S/C31H37ClN4O4/c1-3-29(37)35-28(18-22-11-14-25(15-12-22)40-4-2)31(39)36-27(17-21-8-6-5-7-9-21)30(38)34-20-23-10-13-24(19-33)26(32)16-23/h5-16,27-28H,3-4,17-20,33H2,1-2H3,(H,34,38)(H,35,37)(H,36,39)/t27-,28+/m0/s1. The first-order valence-electron chi connectivity index (χ1n) is 13.4. The molecule has 212 valence electrons. The van der Waals surface area contributed by atoms with Gasteiger partial charge in [-0.15, -0.1) is 0 Å². The molecule has 0 spiro atoms. The van der Waals surface area contributed by atoms with E-state index in [9.17, 15) is 14.4 Å². The second kappa shape index (κ2) is 15.6. The van der Waals surface area contributed by atoms with Crippen LogP contribution in [0.5, 0.6) is 5.75 Å².